The molecule has 0 aliphatic heterocycles. The van der Waals surface area contributed by atoms with Crippen LogP contribution in [-0.4, -0.2) is 38.0 Å². The first kappa shape index (κ1) is 26.5. The molecule has 0 saturated heterocycles. The summed E-state index contributed by atoms with van der Waals surface area (Å²) in [6.45, 7) is 7.25. The molecule has 5 nitrogen and oxygen atoms in total. The van der Waals surface area contributed by atoms with Gasteiger partial charge in [-0.25, -0.2) is 0 Å². The van der Waals surface area contributed by atoms with E-state index in [1.165, 1.54) is 5.56 Å². The first-order valence-electron chi connectivity index (χ1n) is 9.04. The number of halogens is 2. The van der Waals surface area contributed by atoms with Gasteiger partial charge in [-0.3, -0.25) is 0 Å². The smallest absolute Gasteiger partial charge is 0.166 e. The van der Waals surface area contributed by atoms with E-state index in [0.717, 1.165) is 35.7 Å². The monoisotopic (exact) mass is 430 g/mol. The Morgan fingerprint density at radius 3 is 2.32 bits per heavy atom. The predicted molar refractivity (Wildman–Crippen MR) is 119 cm³/mol. The van der Waals surface area contributed by atoms with Crippen LogP contribution in [0, 0.1) is 6.92 Å². The Morgan fingerprint density at radius 1 is 1.00 bits per heavy atom. The summed E-state index contributed by atoms with van der Waals surface area (Å²) in [5.41, 5.74) is 3.43. The van der Waals surface area contributed by atoms with Gasteiger partial charge in [0.1, 0.15) is 6.61 Å². The lowest BCUT2D eigenvalue weighted by Crippen LogP contribution is -2.31. The fourth-order valence-corrected chi connectivity index (χ4v) is 2.58. The molecular formula is C21H32Cl2N2O3. The summed E-state index contributed by atoms with van der Waals surface area (Å²) in [5, 5.41) is 15.8. The highest BCUT2D eigenvalue weighted by Gasteiger charge is 2.10. The molecule has 1 atom stereocenters. The van der Waals surface area contributed by atoms with Gasteiger partial charge >= 0.3 is 0 Å². The lowest BCUT2D eigenvalue weighted by atomic mass is 10.1. The maximum atomic E-state index is 9.24. The third kappa shape index (κ3) is 9.13. The fourth-order valence-electron chi connectivity index (χ4n) is 2.58. The molecule has 0 saturated carbocycles. The van der Waals surface area contributed by atoms with Crippen molar-refractivity contribution >= 4 is 24.8 Å². The van der Waals surface area contributed by atoms with Crippen LogP contribution < -0.4 is 20.1 Å². The lowest BCUT2D eigenvalue weighted by molar-refractivity contribution is 0.191. The van der Waals surface area contributed by atoms with E-state index in [4.69, 9.17) is 9.47 Å². The molecule has 0 bridgehead atoms. The number of hydrogen-bond donors (Lipinski definition) is 3. The second kappa shape index (κ2) is 14.5. The molecule has 1 unspecified atom stereocenters. The van der Waals surface area contributed by atoms with E-state index < -0.39 is 0 Å². The molecule has 3 N–H and O–H groups in total. The molecule has 0 spiro atoms. The molecular weight excluding hydrogens is 399 g/mol. The number of hydrogen-bond acceptors (Lipinski definition) is 5. The van der Waals surface area contributed by atoms with Gasteiger partial charge in [0.05, 0.1) is 13.2 Å². The van der Waals surface area contributed by atoms with Crippen LogP contribution in [0.4, 0.5) is 0 Å². The van der Waals surface area contributed by atoms with Crippen LogP contribution in [0.3, 0.4) is 0 Å². The minimum atomic E-state index is -0.324. The number of methoxy groups -OCH3 is 1. The Bertz CT molecular complexity index is 667. The molecule has 0 fully saturated rings. The normalized spacial score (nSPS) is 11.1. The summed E-state index contributed by atoms with van der Waals surface area (Å²) in [4.78, 5) is 0. The van der Waals surface area contributed by atoms with E-state index in [2.05, 4.69) is 41.8 Å². The Hall–Kier alpha value is -1.50. The van der Waals surface area contributed by atoms with Crippen molar-refractivity contribution in [3.63, 3.8) is 0 Å². The molecule has 0 aliphatic carbocycles. The summed E-state index contributed by atoms with van der Waals surface area (Å²) in [5.74, 6) is 1.52. The number of aryl methyl sites for hydroxylation is 1. The van der Waals surface area contributed by atoms with Crippen LogP contribution in [-0.2, 0) is 13.2 Å². The van der Waals surface area contributed by atoms with Crippen LogP contribution in [0.25, 0.3) is 0 Å². The molecule has 0 amide bonds. The molecule has 7 heteroatoms. The number of benzene rings is 2. The number of rotatable bonds is 11. The van der Waals surface area contributed by atoms with E-state index >= 15 is 0 Å². The number of ether oxygens (including phenoxy) is 2. The minimum absolute atomic E-state index is 0. The summed E-state index contributed by atoms with van der Waals surface area (Å²) >= 11 is 0. The zero-order chi connectivity index (χ0) is 18.8. The maximum absolute atomic E-state index is 9.24. The minimum Gasteiger partial charge on any atom is -0.493 e. The molecule has 0 aromatic heterocycles. The van der Waals surface area contributed by atoms with Crippen molar-refractivity contribution in [2.75, 3.05) is 26.7 Å². The zero-order valence-electron chi connectivity index (χ0n) is 16.7. The third-order valence-corrected chi connectivity index (χ3v) is 4.02. The van der Waals surface area contributed by atoms with Crippen molar-refractivity contribution in [2.24, 2.45) is 0 Å². The topological polar surface area (TPSA) is 62.8 Å². The number of nitrogens with one attached hydrogen (secondary N) is 2. The zero-order valence-corrected chi connectivity index (χ0v) is 18.4. The van der Waals surface area contributed by atoms with Crippen molar-refractivity contribution < 1.29 is 14.6 Å². The average Bonchev–Trinajstić information content (AvgIpc) is 2.64. The molecule has 0 aliphatic rings. The second-order valence-corrected chi connectivity index (χ2v) is 6.45. The largest absolute Gasteiger partial charge is 0.493 e. The van der Waals surface area contributed by atoms with Crippen molar-refractivity contribution in [2.45, 2.75) is 33.1 Å². The van der Waals surface area contributed by atoms with Gasteiger partial charge in [0, 0.05) is 31.7 Å². The van der Waals surface area contributed by atoms with Crippen LogP contribution in [0.5, 0.6) is 11.5 Å². The highest BCUT2D eigenvalue weighted by molar-refractivity contribution is 5.85. The van der Waals surface area contributed by atoms with Gasteiger partial charge < -0.3 is 25.2 Å². The quantitative estimate of drug-likeness (QED) is 0.476. The first-order chi connectivity index (χ1) is 12.6. The third-order valence-electron chi connectivity index (χ3n) is 4.02. The SMILES string of the molecule is COc1cccc(CNCCNCC(C)O)c1OCc1ccc(C)cc1.Cl.Cl. The Labute approximate surface area is 180 Å². The van der Waals surface area contributed by atoms with E-state index in [-0.39, 0.29) is 30.9 Å². The summed E-state index contributed by atoms with van der Waals surface area (Å²) in [6, 6.07) is 14.3. The van der Waals surface area contributed by atoms with Gasteiger partial charge in [-0.15, -0.1) is 24.8 Å². The van der Waals surface area contributed by atoms with Crippen LogP contribution in [0.15, 0.2) is 42.5 Å². The predicted octanol–water partition coefficient (Wildman–Crippen LogP) is 3.49. The van der Waals surface area contributed by atoms with Crippen molar-refractivity contribution in [1.29, 1.82) is 0 Å². The average molecular weight is 431 g/mol. The fraction of sp³-hybridized carbons (Fsp3) is 0.429. The number of para-hydroxylation sites is 1. The van der Waals surface area contributed by atoms with Crippen LogP contribution >= 0.6 is 24.8 Å². The molecule has 158 valence electrons. The van der Waals surface area contributed by atoms with Crippen molar-refractivity contribution in [3.8, 4) is 11.5 Å². The summed E-state index contributed by atoms with van der Waals surface area (Å²) in [7, 11) is 1.66. The van der Waals surface area contributed by atoms with Crippen molar-refractivity contribution in [3.05, 3.63) is 59.2 Å². The molecule has 2 aromatic carbocycles. The van der Waals surface area contributed by atoms with E-state index in [1.807, 2.05) is 18.2 Å². The molecule has 28 heavy (non-hydrogen) atoms. The highest BCUT2D eigenvalue weighted by Crippen LogP contribution is 2.31. The second-order valence-electron chi connectivity index (χ2n) is 6.45. The Kier molecular flexibility index (Phi) is 13.7. The molecule has 2 aromatic rings. The van der Waals surface area contributed by atoms with Crippen LogP contribution in [0.2, 0.25) is 0 Å². The first-order valence-corrected chi connectivity index (χ1v) is 9.04. The highest BCUT2D eigenvalue weighted by atomic mass is 35.5. The lowest BCUT2D eigenvalue weighted by Gasteiger charge is -2.16. The standard InChI is InChI=1S/C21H30N2O3.2ClH/c1-16-7-9-18(10-8-16)15-26-21-19(5-4-6-20(21)25-3)14-23-12-11-22-13-17(2)24;;/h4-10,17,22-24H,11-15H2,1-3H3;2*1H. The van der Waals surface area contributed by atoms with Gasteiger partial charge in [-0.1, -0.05) is 42.0 Å². The molecule has 0 radical (unpaired) electrons. The molecule has 2 rings (SSSR count). The van der Waals surface area contributed by atoms with Crippen molar-refractivity contribution in [1.82, 2.24) is 10.6 Å². The van der Waals surface area contributed by atoms with Gasteiger partial charge in [-0.05, 0) is 25.5 Å². The van der Waals surface area contributed by atoms with E-state index in [9.17, 15) is 5.11 Å². The van der Waals surface area contributed by atoms with E-state index in [1.54, 1.807) is 14.0 Å². The van der Waals surface area contributed by atoms with Gasteiger partial charge in [0.2, 0.25) is 0 Å². The summed E-state index contributed by atoms with van der Waals surface area (Å²) < 4.78 is 11.6. The van der Waals surface area contributed by atoms with E-state index in [0.29, 0.717) is 19.7 Å². The van der Waals surface area contributed by atoms with Gasteiger partial charge in [0.25, 0.3) is 0 Å². The summed E-state index contributed by atoms with van der Waals surface area (Å²) in [6.07, 6.45) is -0.324. The van der Waals surface area contributed by atoms with Crippen LogP contribution in [0.1, 0.15) is 23.6 Å². The number of aliphatic hydroxyl groups excluding tert-OH is 1. The van der Waals surface area contributed by atoms with Gasteiger partial charge in [0.15, 0.2) is 11.5 Å². The Morgan fingerprint density at radius 2 is 1.68 bits per heavy atom. The Balaban J connectivity index is 0.00000364. The number of aliphatic hydroxyl groups is 1. The maximum Gasteiger partial charge on any atom is 0.166 e. The van der Waals surface area contributed by atoms with Gasteiger partial charge in [-0.2, -0.15) is 0 Å². The molecule has 0 heterocycles.